The first kappa shape index (κ1) is 13.4. The van der Waals surface area contributed by atoms with Gasteiger partial charge in [-0.05, 0) is 41.0 Å². The summed E-state index contributed by atoms with van der Waals surface area (Å²) >= 11 is 0. The minimum atomic E-state index is -0.239. The molecule has 0 spiro atoms. The Labute approximate surface area is 123 Å². The van der Waals surface area contributed by atoms with E-state index in [9.17, 15) is 4.39 Å². The van der Waals surface area contributed by atoms with Gasteiger partial charge in [0, 0.05) is 6.07 Å². The summed E-state index contributed by atoms with van der Waals surface area (Å²) in [5.41, 5.74) is 3.15. The number of hydrogen-bond acceptors (Lipinski definition) is 1. The summed E-state index contributed by atoms with van der Waals surface area (Å²) in [6.45, 7) is 0.398. The van der Waals surface area contributed by atoms with Gasteiger partial charge >= 0.3 is 0 Å². The van der Waals surface area contributed by atoms with E-state index in [0.717, 1.165) is 16.7 Å². The van der Waals surface area contributed by atoms with Crippen molar-refractivity contribution >= 4 is 0 Å². The Bertz CT molecular complexity index is 705. The maximum atomic E-state index is 12.8. The highest BCUT2D eigenvalue weighted by Gasteiger charge is 2.01. The molecule has 0 unspecified atom stereocenters. The standard InChI is InChI=1S/C19H14FO/c20-18-11-9-15(10-12-18)14-21-19-8-4-7-17(13-19)16-5-2-1-3-6-16/h1-7,9-13H,14H2. The molecule has 0 amide bonds. The quantitative estimate of drug-likeness (QED) is 0.661. The molecule has 2 heteroatoms. The van der Waals surface area contributed by atoms with Crippen molar-refractivity contribution in [2.75, 3.05) is 0 Å². The summed E-state index contributed by atoms with van der Waals surface area (Å²) in [7, 11) is 0. The molecule has 3 aromatic carbocycles. The van der Waals surface area contributed by atoms with E-state index in [-0.39, 0.29) is 5.82 Å². The van der Waals surface area contributed by atoms with E-state index in [4.69, 9.17) is 4.74 Å². The zero-order valence-corrected chi connectivity index (χ0v) is 11.4. The Morgan fingerprint density at radius 2 is 1.62 bits per heavy atom. The van der Waals surface area contributed by atoms with Crippen molar-refractivity contribution in [3.63, 3.8) is 0 Å². The van der Waals surface area contributed by atoms with Gasteiger partial charge in [0.1, 0.15) is 18.2 Å². The SMILES string of the molecule is Fc1ccc(COc2[c]ccc(-c3ccccc3)c2)cc1. The van der Waals surface area contributed by atoms with Crippen LogP contribution in [0.4, 0.5) is 4.39 Å². The van der Waals surface area contributed by atoms with E-state index in [0.29, 0.717) is 12.4 Å². The minimum absolute atomic E-state index is 0.239. The minimum Gasteiger partial charge on any atom is -0.488 e. The van der Waals surface area contributed by atoms with Crippen LogP contribution in [0, 0.1) is 11.9 Å². The van der Waals surface area contributed by atoms with Gasteiger partial charge in [-0.25, -0.2) is 4.39 Å². The fourth-order valence-electron chi connectivity index (χ4n) is 2.08. The van der Waals surface area contributed by atoms with Crippen LogP contribution in [0.2, 0.25) is 0 Å². The number of ether oxygens (including phenoxy) is 1. The predicted molar refractivity (Wildman–Crippen MR) is 81.4 cm³/mol. The van der Waals surface area contributed by atoms with Gasteiger partial charge in [-0.3, -0.25) is 0 Å². The summed E-state index contributed by atoms with van der Waals surface area (Å²) in [4.78, 5) is 0. The van der Waals surface area contributed by atoms with Crippen LogP contribution in [-0.4, -0.2) is 0 Å². The maximum Gasteiger partial charge on any atom is 0.128 e. The normalized spacial score (nSPS) is 10.3. The Morgan fingerprint density at radius 3 is 2.38 bits per heavy atom. The lowest BCUT2D eigenvalue weighted by molar-refractivity contribution is 0.305. The summed E-state index contributed by atoms with van der Waals surface area (Å²) in [5, 5.41) is 0. The van der Waals surface area contributed by atoms with Crippen LogP contribution >= 0.6 is 0 Å². The van der Waals surface area contributed by atoms with E-state index in [1.807, 2.05) is 36.4 Å². The molecule has 0 fully saturated rings. The monoisotopic (exact) mass is 277 g/mol. The molecule has 103 valence electrons. The van der Waals surface area contributed by atoms with Crippen LogP contribution in [0.25, 0.3) is 11.1 Å². The van der Waals surface area contributed by atoms with Crippen molar-refractivity contribution in [2.45, 2.75) is 6.61 Å². The third-order valence-corrected chi connectivity index (χ3v) is 3.19. The molecule has 0 heterocycles. The molecule has 1 radical (unpaired) electrons. The third kappa shape index (κ3) is 3.48. The first-order valence-electron chi connectivity index (χ1n) is 6.76. The first-order chi connectivity index (χ1) is 10.3. The Morgan fingerprint density at radius 1 is 0.857 bits per heavy atom. The number of benzene rings is 3. The van der Waals surface area contributed by atoms with Crippen LogP contribution in [0.3, 0.4) is 0 Å². The Kier molecular flexibility index (Phi) is 3.97. The van der Waals surface area contributed by atoms with Crippen molar-refractivity contribution in [2.24, 2.45) is 0 Å². The largest absolute Gasteiger partial charge is 0.488 e. The van der Waals surface area contributed by atoms with E-state index < -0.39 is 0 Å². The smallest absolute Gasteiger partial charge is 0.128 e. The van der Waals surface area contributed by atoms with Gasteiger partial charge in [-0.1, -0.05) is 48.5 Å². The van der Waals surface area contributed by atoms with Crippen molar-refractivity contribution in [3.8, 4) is 16.9 Å². The summed E-state index contributed by atoms with van der Waals surface area (Å²) in [5.74, 6) is 0.442. The zero-order valence-electron chi connectivity index (χ0n) is 11.4. The molecular weight excluding hydrogens is 263 g/mol. The molecule has 1 nitrogen and oxygen atoms in total. The fourth-order valence-corrected chi connectivity index (χ4v) is 2.08. The molecule has 0 aromatic heterocycles. The lowest BCUT2D eigenvalue weighted by Gasteiger charge is -2.08. The van der Waals surface area contributed by atoms with Gasteiger partial charge in [0.2, 0.25) is 0 Å². The Balaban J connectivity index is 1.73. The van der Waals surface area contributed by atoms with E-state index >= 15 is 0 Å². The van der Waals surface area contributed by atoms with Gasteiger partial charge in [0.05, 0.1) is 0 Å². The summed E-state index contributed by atoms with van der Waals surface area (Å²) in [6, 6.07) is 25.3. The highest BCUT2D eigenvalue weighted by molar-refractivity contribution is 5.64. The number of rotatable bonds is 4. The van der Waals surface area contributed by atoms with E-state index in [1.54, 1.807) is 12.1 Å². The average molecular weight is 277 g/mol. The molecule has 0 aliphatic heterocycles. The van der Waals surface area contributed by atoms with E-state index in [2.05, 4.69) is 18.2 Å². The van der Waals surface area contributed by atoms with Gasteiger partial charge in [0.25, 0.3) is 0 Å². The lowest BCUT2D eigenvalue weighted by atomic mass is 10.1. The third-order valence-electron chi connectivity index (χ3n) is 3.19. The molecule has 0 atom stereocenters. The molecular formula is C19H14FO. The van der Waals surface area contributed by atoms with Crippen LogP contribution in [0.5, 0.6) is 5.75 Å². The highest BCUT2D eigenvalue weighted by Crippen LogP contribution is 2.23. The summed E-state index contributed by atoms with van der Waals surface area (Å²) < 4.78 is 18.6. The van der Waals surface area contributed by atoms with Crippen molar-refractivity contribution < 1.29 is 9.13 Å². The average Bonchev–Trinajstić information content (AvgIpc) is 2.55. The molecule has 0 bridgehead atoms. The topological polar surface area (TPSA) is 9.23 Å². The second-order valence-corrected chi connectivity index (χ2v) is 4.72. The van der Waals surface area contributed by atoms with Crippen LogP contribution in [0.1, 0.15) is 5.56 Å². The molecule has 0 aliphatic rings. The summed E-state index contributed by atoms with van der Waals surface area (Å²) in [6.07, 6.45) is 0. The lowest BCUT2D eigenvalue weighted by Crippen LogP contribution is -1.95. The second-order valence-electron chi connectivity index (χ2n) is 4.72. The number of hydrogen-bond donors (Lipinski definition) is 0. The predicted octanol–water partition coefficient (Wildman–Crippen LogP) is 4.87. The van der Waals surface area contributed by atoms with Crippen LogP contribution in [-0.2, 0) is 6.61 Å². The first-order valence-corrected chi connectivity index (χ1v) is 6.76. The second kappa shape index (κ2) is 6.23. The molecule has 21 heavy (non-hydrogen) atoms. The Hall–Kier alpha value is -2.61. The maximum absolute atomic E-state index is 12.8. The molecule has 0 saturated heterocycles. The highest BCUT2D eigenvalue weighted by atomic mass is 19.1. The molecule has 3 rings (SSSR count). The fraction of sp³-hybridized carbons (Fsp3) is 0.0526. The van der Waals surface area contributed by atoms with Crippen LogP contribution < -0.4 is 4.74 Å². The van der Waals surface area contributed by atoms with Gasteiger partial charge in [-0.2, -0.15) is 0 Å². The van der Waals surface area contributed by atoms with Crippen molar-refractivity contribution in [1.82, 2.24) is 0 Å². The molecule has 3 aromatic rings. The van der Waals surface area contributed by atoms with Gasteiger partial charge in [-0.15, -0.1) is 0 Å². The van der Waals surface area contributed by atoms with E-state index in [1.165, 1.54) is 12.1 Å². The molecule has 0 aliphatic carbocycles. The molecule has 0 N–H and O–H groups in total. The molecule has 0 saturated carbocycles. The van der Waals surface area contributed by atoms with Gasteiger partial charge in [0.15, 0.2) is 0 Å². The van der Waals surface area contributed by atoms with Crippen molar-refractivity contribution in [1.29, 1.82) is 0 Å². The van der Waals surface area contributed by atoms with Crippen LogP contribution in [0.15, 0.2) is 72.8 Å². The van der Waals surface area contributed by atoms with Gasteiger partial charge < -0.3 is 4.74 Å². The zero-order chi connectivity index (χ0) is 14.5. The number of halogens is 1. The van der Waals surface area contributed by atoms with Crippen molar-refractivity contribution in [3.05, 3.63) is 90.2 Å².